The molecule has 3 aromatic heterocycles. The zero-order valence-electron chi connectivity index (χ0n) is 16.9. The summed E-state index contributed by atoms with van der Waals surface area (Å²) in [6.07, 6.45) is 1.10. The van der Waals surface area contributed by atoms with Crippen molar-refractivity contribution in [3.63, 3.8) is 0 Å². The SMILES string of the molecule is O=C(NCCn1nc(-c2ccccc2)ccc1=O)c1c[nH]c(=O)n(Cc2cccs2)c1=O. The van der Waals surface area contributed by atoms with Crippen LogP contribution in [0.2, 0.25) is 0 Å². The Morgan fingerprint density at radius 3 is 2.59 bits per heavy atom. The maximum Gasteiger partial charge on any atom is 0.328 e. The number of benzene rings is 1. The summed E-state index contributed by atoms with van der Waals surface area (Å²) >= 11 is 1.41. The van der Waals surface area contributed by atoms with Gasteiger partial charge in [0.25, 0.3) is 17.0 Å². The Hall–Kier alpha value is -4.05. The van der Waals surface area contributed by atoms with Crippen LogP contribution in [0, 0.1) is 0 Å². The molecule has 4 rings (SSSR count). The first-order chi connectivity index (χ1) is 15.5. The van der Waals surface area contributed by atoms with Crippen LogP contribution in [0.3, 0.4) is 0 Å². The van der Waals surface area contributed by atoms with Crippen molar-refractivity contribution in [2.45, 2.75) is 13.1 Å². The highest BCUT2D eigenvalue weighted by Crippen LogP contribution is 2.13. The lowest BCUT2D eigenvalue weighted by Gasteiger charge is -2.09. The van der Waals surface area contributed by atoms with E-state index >= 15 is 0 Å². The van der Waals surface area contributed by atoms with Crippen LogP contribution in [-0.4, -0.2) is 31.8 Å². The van der Waals surface area contributed by atoms with Gasteiger partial charge in [0.1, 0.15) is 5.56 Å². The first-order valence-corrected chi connectivity index (χ1v) is 10.7. The molecule has 32 heavy (non-hydrogen) atoms. The molecule has 1 amide bonds. The molecular weight excluding hydrogens is 430 g/mol. The molecule has 0 radical (unpaired) electrons. The molecule has 0 aliphatic rings. The molecule has 10 heteroatoms. The lowest BCUT2D eigenvalue weighted by atomic mass is 10.1. The molecule has 3 heterocycles. The Morgan fingerprint density at radius 2 is 1.84 bits per heavy atom. The van der Waals surface area contributed by atoms with E-state index in [-0.39, 0.29) is 30.8 Å². The number of carbonyl (C=O) groups is 1. The fourth-order valence-corrected chi connectivity index (χ4v) is 3.81. The van der Waals surface area contributed by atoms with Crippen molar-refractivity contribution in [3.05, 3.63) is 108 Å². The van der Waals surface area contributed by atoms with Gasteiger partial charge in [0.15, 0.2) is 0 Å². The van der Waals surface area contributed by atoms with Gasteiger partial charge < -0.3 is 10.3 Å². The predicted molar refractivity (Wildman–Crippen MR) is 121 cm³/mol. The van der Waals surface area contributed by atoms with E-state index in [0.29, 0.717) is 5.69 Å². The number of rotatable bonds is 7. The zero-order chi connectivity index (χ0) is 22.5. The minimum absolute atomic E-state index is 0.0769. The normalized spacial score (nSPS) is 10.8. The van der Waals surface area contributed by atoms with E-state index in [0.717, 1.165) is 21.2 Å². The smallest absolute Gasteiger partial charge is 0.328 e. The molecule has 4 aromatic rings. The second-order valence-electron chi connectivity index (χ2n) is 6.88. The topological polar surface area (TPSA) is 119 Å². The summed E-state index contributed by atoms with van der Waals surface area (Å²) in [7, 11) is 0. The molecule has 9 nitrogen and oxygen atoms in total. The monoisotopic (exact) mass is 449 g/mol. The highest BCUT2D eigenvalue weighted by atomic mass is 32.1. The van der Waals surface area contributed by atoms with Gasteiger partial charge in [-0.2, -0.15) is 5.10 Å². The van der Waals surface area contributed by atoms with E-state index in [1.54, 1.807) is 12.1 Å². The van der Waals surface area contributed by atoms with E-state index in [4.69, 9.17) is 0 Å². The van der Waals surface area contributed by atoms with Gasteiger partial charge in [-0.15, -0.1) is 11.3 Å². The van der Waals surface area contributed by atoms with Gasteiger partial charge >= 0.3 is 5.69 Å². The van der Waals surface area contributed by atoms with Crippen molar-refractivity contribution >= 4 is 17.2 Å². The molecule has 0 bridgehead atoms. The largest absolute Gasteiger partial charge is 0.350 e. The average Bonchev–Trinajstić information content (AvgIpc) is 3.32. The molecule has 1 aromatic carbocycles. The summed E-state index contributed by atoms with van der Waals surface area (Å²) in [6.45, 7) is 0.282. The van der Waals surface area contributed by atoms with Gasteiger partial charge in [-0.3, -0.25) is 19.0 Å². The number of hydrogen-bond donors (Lipinski definition) is 2. The summed E-state index contributed by atoms with van der Waals surface area (Å²) in [5, 5.41) is 8.79. The van der Waals surface area contributed by atoms with Gasteiger partial charge in [0, 0.05) is 29.2 Å². The van der Waals surface area contributed by atoms with E-state index < -0.39 is 17.2 Å². The number of nitrogens with zero attached hydrogens (tertiary/aromatic N) is 3. The molecule has 0 unspecified atom stereocenters. The van der Waals surface area contributed by atoms with Crippen LogP contribution in [-0.2, 0) is 13.1 Å². The number of thiophene rings is 1. The standard InChI is InChI=1S/C22H19N5O4S/c28-19-9-8-18(15-5-2-1-3-6-15)25-27(19)11-10-23-20(29)17-13-24-22(31)26(21(17)30)14-16-7-4-12-32-16/h1-9,12-13H,10-11,14H2,(H,23,29)(H,24,31). The number of amides is 1. The van der Waals surface area contributed by atoms with Crippen LogP contribution in [0.4, 0.5) is 0 Å². The van der Waals surface area contributed by atoms with Gasteiger partial charge in [-0.25, -0.2) is 9.48 Å². The van der Waals surface area contributed by atoms with Gasteiger partial charge in [-0.1, -0.05) is 36.4 Å². The van der Waals surface area contributed by atoms with Crippen molar-refractivity contribution in [1.29, 1.82) is 0 Å². The molecule has 0 saturated heterocycles. The first kappa shape index (κ1) is 21.2. The summed E-state index contributed by atoms with van der Waals surface area (Å²) < 4.78 is 2.24. The van der Waals surface area contributed by atoms with Crippen LogP contribution < -0.4 is 22.1 Å². The molecule has 0 saturated carbocycles. The highest BCUT2D eigenvalue weighted by molar-refractivity contribution is 7.09. The van der Waals surface area contributed by atoms with E-state index in [1.807, 2.05) is 41.8 Å². The molecule has 0 fully saturated rings. The third-order valence-corrected chi connectivity index (χ3v) is 5.61. The molecule has 0 spiro atoms. The fourth-order valence-electron chi connectivity index (χ4n) is 3.12. The van der Waals surface area contributed by atoms with Crippen LogP contribution >= 0.6 is 11.3 Å². The Balaban J connectivity index is 1.46. The Bertz CT molecular complexity index is 1400. The number of H-pyrrole nitrogens is 1. The maximum atomic E-state index is 12.7. The van der Waals surface area contributed by atoms with E-state index in [1.165, 1.54) is 22.1 Å². The van der Waals surface area contributed by atoms with Crippen molar-refractivity contribution < 1.29 is 4.79 Å². The number of aromatic nitrogens is 4. The summed E-state index contributed by atoms with van der Waals surface area (Å²) in [5.41, 5.74) is -0.256. The molecule has 0 atom stereocenters. The van der Waals surface area contributed by atoms with Crippen molar-refractivity contribution in [2.24, 2.45) is 0 Å². The van der Waals surface area contributed by atoms with Crippen LogP contribution in [0.15, 0.2) is 80.6 Å². The highest BCUT2D eigenvalue weighted by Gasteiger charge is 2.15. The van der Waals surface area contributed by atoms with Crippen LogP contribution in [0.5, 0.6) is 0 Å². The van der Waals surface area contributed by atoms with E-state index in [2.05, 4.69) is 15.4 Å². The number of hydrogen-bond acceptors (Lipinski definition) is 6. The number of carbonyl (C=O) groups excluding carboxylic acids is 1. The second kappa shape index (κ2) is 9.40. The molecule has 2 N–H and O–H groups in total. The lowest BCUT2D eigenvalue weighted by Crippen LogP contribution is -2.41. The third kappa shape index (κ3) is 4.65. The summed E-state index contributed by atoms with van der Waals surface area (Å²) in [6, 6.07) is 16.1. The number of aromatic amines is 1. The van der Waals surface area contributed by atoms with E-state index in [9.17, 15) is 19.2 Å². The van der Waals surface area contributed by atoms with Crippen molar-refractivity contribution in [3.8, 4) is 11.3 Å². The molecular formula is C22H19N5O4S. The molecule has 0 aliphatic carbocycles. The Labute approximate surface area is 185 Å². The molecule has 162 valence electrons. The Morgan fingerprint density at radius 1 is 1.03 bits per heavy atom. The van der Waals surface area contributed by atoms with Crippen molar-refractivity contribution in [1.82, 2.24) is 24.6 Å². The first-order valence-electron chi connectivity index (χ1n) is 9.79. The fraction of sp³-hybridized carbons (Fsp3) is 0.136. The summed E-state index contributed by atoms with van der Waals surface area (Å²) in [4.78, 5) is 52.6. The van der Waals surface area contributed by atoms with Gasteiger partial charge in [0.2, 0.25) is 0 Å². The van der Waals surface area contributed by atoms with Gasteiger partial charge in [-0.05, 0) is 17.5 Å². The van der Waals surface area contributed by atoms with Crippen LogP contribution in [0.1, 0.15) is 15.2 Å². The third-order valence-electron chi connectivity index (χ3n) is 4.74. The quantitative estimate of drug-likeness (QED) is 0.441. The average molecular weight is 449 g/mol. The van der Waals surface area contributed by atoms with Gasteiger partial charge in [0.05, 0.1) is 18.8 Å². The predicted octanol–water partition coefficient (Wildman–Crippen LogP) is 1.30. The lowest BCUT2D eigenvalue weighted by molar-refractivity contribution is 0.0949. The molecule has 0 aliphatic heterocycles. The maximum absolute atomic E-state index is 12.7. The second-order valence-corrected chi connectivity index (χ2v) is 7.91. The Kier molecular flexibility index (Phi) is 6.22. The van der Waals surface area contributed by atoms with Crippen molar-refractivity contribution in [2.75, 3.05) is 6.54 Å². The zero-order valence-corrected chi connectivity index (χ0v) is 17.7. The summed E-state index contributed by atoms with van der Waals surface area (Å²) in [5.74, 6) is -0.640. The van der Waals surface area contributed by atoms with Crippen LogP contribution in [0.25, 0.3) is 11.3 Å². The minimum Gasteiger partial charge on any atom is -0.350 e. The minimum atomic E-state index is -0.680. The number of nitrogens with one attached hydrogen (secondary N) is 2.